The van der Waals surface area contributed by atoms with Crippen LogP contribution in [0, 0.1) is 10.1 Å². The van der Waals surface area contributed by atoms with E-state index >= 15 is 0 Å². The first kappa shape index (κ1) is 18.6. The maximum absolute atomic E-state index is 12.8. The number of non-ortho nitro benzene ring substituents is 1. The molecule has 0 spiro atoms. The molecule has 7 nitrogen and oxygen atoms in total. The average Bonchev–Trinajstić information content (AvgIpc) is 3.21. The second-order valence-electron chi connectivity index (χ2n) is 6.20. The van der Waals surface area contributed by atoms with Crippen LogP contribution in [0.2, 0.25) is 0 Å². The molecule has 0 saturated heterocycles. The van der Waals surface area contributed by atoms with E-state index in [0.29, 0.717) is 27.7 Å². The molecule has 0 aliphatic heterocycles. The van der Waals surface area contributed by atoms with Crippen LogP contribution < -0.4 is 10.1 Å². The van der Waals surface area contributed by atoms with E-state index in [1.54, 1.807) is 23.6 Å². The van der Waals surface area contributed by atoms with Crippen molar-refractivity contribution in [3.63, 3.8) is 0 Å². The molecular weight excluding hydrogens is 390 g/mol. The smallest absolute Gasteiger partial charge is 0.270 e. The number of fused-ring (bicyclic) bond motifs is 1. The maximum Gasteiger partial charge on any atom is 0.270 e. The van der Waals surface area contributed by atoms with E-state index in [4.69, 9.17) is 4.74 Å². The van der Waals surface area contributed by atoms with Crippen molar-refractivity contribution in [2.45, 2.75) is 0 Å². The first-order valence-electron chi connectivity index (χ1n) is 8.63. The number of nitrogens with zero attached hydrogens (tertiary/aromatic N) is 2. The van der Waals surface area contributed by atoms with Crippen molar-refractivity contribution in [2.24, 2.45) is 0 Å². The highest BCUT2D eigenvalue weighted by Gasteiger charge is 2.16. The molecule has 1 amide bonds. The van der Waals surface area contributed by atoms with Crippen molar-refractivity contribution < 1.29 is 14.5 Å². The Bertz CT molecular complexity index is 1240. The number of rotatable bonds is 5. The molecular formula is C21H15N3O4S. The Hall–Kier alpha value is -3.78. The van der Waals surface area contributed by atoms with Crippen molar-refractivity contribution in [1.82, 2.24) is 4.98 Å². The molecule has 0 atom stereocenters. The summed E-state index contributed by atoms with van der Waals surface area (Å²) in [4.78, 5) is 27.7. The van der Waals surface area contributed by atoms with Gasteiger partial charge in [0.15, 0.2) is 5.13 Å². The fourth-order valence-electron chi connectivity index (χ4n) is 2.97. The number of hydrogen-bond acceptors (Lipinski definition) is 6. The number of nitro groups is 1. The van der Waals surface area contributed by atoms with Crippen LogP contribution in [-0.2, 0) is 0 Å². The highest BCUT2D eigenvalue weighted by molar-refractivity contribution is 7.14. The SMILES string of the molecule is COc1cc2ccccc2cc1C(=O)Nc1nc(-c2cccc([N+](=O)[O-])c2)cs1. The van der Waals surface area contributed by atoms with Gasteiger partial charge in [-0.2, -0.15) is 0 Å². The molecule has 1 heterocycles. The second kappa shape index (κ2) is 7.69. The van der Waals surface area contributed by atoms with Gasteiger partial charge in [0.1, 0.15) is 5.75 Å². The zero-order chi connectivity index (χ0) is 20.4. The average molecular weight is 405 g/mol. The molecule has 4 rings (SSSR count). The number of methoxy groups -OCH3 is 1. The van der Waals surface area contributed by atoms with Gasteiger partial charge in [-0.05, 0) is 22.9 Å². The van der Waals surface area contributed by atoms with Gasteiger partial charge in [0, 0.05) is 23.1 Å². The third-order valence-corrected chi connectivity index (χ3v) is 5.15. The second-order valence-corrected chi connectivity index (χ2v) is 7.06. The highest BCUT2D eigenvalue weighted by atomic mass is 32.1. The normalized spacial score (nSPS) is 10.7. The summed E-state index contributed by atoms with van der Waals surface area (Å²) in [6, 6.07) is 17.5. The van der Waals surface area contributed by atoms with E-state index < -0.39 is 4.92 Å². The summed E-state index contributed by atoms with van der Waals surface area (Å²) in [5.74, 6) is 0.129. The van der Waals surface area contributed by atoms with Gasteiger partial charge in [-0.15, -0.1) is 11.3 Å². The van der Waals surface area contributed by atoms with Gasteiger partial charge in [0.2, 0.25) is 0 Å². The van der Waals surface area contributed by atoms with Gasteiger partial charge < -0.3 is 4.74 Å². The standard InChI is InChI=1S/C21H15N3O4S/c1-28-19-11-14-6-3-2-5-13(14)10-17(19)20(25)23-21-22-18(12-29-21)15-7-4-8-16(9-15)24(26)27/h2-12H,1H3,(H,22,23,25). The van der Waals surface area contributed by atoms with E-state index in [9.17, 15) is 14.9 Å². The molecule has 0 saturated carbocycles. The topological polar surface area (TPSA) is 94.4 Å². The lowest BCUT2D eigenvalue weighted by Gasteiger charge is -2.10. The molecule has 0 unspecified atom stereocenters. The number of carbonyl (C=O) groups excluding carboxylic acids is 1. The maximum atomic E-state index is 12.8. The van der Waals surface area contributed by atoms with Crippen molar-refractivity contribution in [1.29, 1.82) is 0 Å². The minimum atomic E-state index is -0.454. The van der Waals surface area contributed by atoms with Gasteiger partial charge in [0.25, 0.3) is 11.6 Å². The lowest BCUT2D eigenvalue weighted by Crippen LogP contribution is -2.13. The van der Waals surface area contributed by atoms with Crippen LogP contribution in [0.1, 0.15) is 10.4 Å². The summed E-state index contributed by atoms with van der Waals surface area (Å²) in [6.07, 6.45) is 0. The Morgan fingerprint density at radius 1 is 1.10 bits per heavy atom. The first-order valence-corrected chi connectivity index (χ1v) is 9.51. The zero-order valence-electron chi connectivity index (χ0n) is 15.3. The Kier molecular flexibility index (Phi) is 4.92. The highest BCUT2D eigenvalue weighted by Crippen LogP contribution is 2.30. The molecule has 4 aromatic rings. The number of nitrogens with one attached hydrogen (secondary N) is 1. The monoisotopic (exact) mass is 405 g/mol. The van der Waals surface area contributed by atoms with Crippen LogP contribution in [0.25, 0.3) is 22.0 Å². The lowest BCUT2D eigenvalue weighted by atomic mass is 10.1. The predicted octanol–water partition coefficient (Wildman–Crippen LogP) is 5.13. The van der Waals surface area contributed by atoms with Crippen LogP contribution in [0.3, 0.4) is 0 Å². The summed E-state index contributed by atoms with van der Waals surface area (Å²) < 4.78 is 5.38. The zero-order valence-corrected chi connectivity index (χ0v) is 16.1. The van der Waals surface area contributed by atoms with Crippen molar-refractivity contribution >= 4 is 38.8 Å². The fourth-order valence-corrected chi connectivity index (χ4v) is 3.69. The molecule has 0 radical (unpaired) electrons. The molecule has 0 fully saturated rings. The summed E-state index contributed by atoms with van der Waals surface area (Å²) in [5.41, 5.74) is 1.55. The van der Waals surface area contributed by atoms with E-state index in [-0.39, 0.29) is 11.6 Å². The van der Waals surface area contributed by atoms with Gasteiger partial charge in [0.05, 0.1) is 23.3 Å². The van der Waals surface area contributed by atoms with Crippen LogP contribution in [-0.4, -0.2) is 22.9 Å². The largest absolute Gasteiger partial charge is 0.496 e. The summed E-state index contributed by atoms with van der Waals surface area (Å²) in [5, 5.41) is 17.8. The number of carbonyl (C=O) groups is 1. The molecule has 3 aromatic carbocycles. The van der Waals surface area contributed by atoms with E-state index in [1.807, 2.05) is 30.3 Å². The number of nitro benzene ring substituents is 1. The molecule has 29 heavy (non-hydrogen) atoms. The first-order chi connectivity index (χ1) is 14.0. The molecule has 8 heteroatoms. The van der Waals surface area contributed by atoms with Crippen molar-refractivity contribution in [2.75, 3.05) is 12.4 Å². The molecule has 144 valence electrons. The Morgan fingerprint density at radius 2 is 1.86 bits per heavy atom. The predicted molar refractivity (Wildman–Crippen MR) is 113 cm³/mol. The van der Waals surface area contributed by atoms with E-state index in [2.05, 4.69) is 10.3 Å². The Labute approximate surface area is 169 Å². The quantitative estimate of drug-likeness (QED) is 0.367. The van der Waals surface area contributed by atoms with Gasteiger partial charge >= 0.3 is 0 Å². The molecule has 1 N–H and O–H groups in total. The number of hydrogen-bond donors (Lipinski definition) is 1. The van der Waals surface area contributed by atoms with Gasteiger partial charge in [-0.1, -0.05) is 36.4 Å². The third kappa shape index (κ3) is 3.78. The fraction of sp³-hybridized carbons (Fsp3) is 0.0476. The van der Waals surface area contributed by atoms with Crippen molar-refractivity contribution in [3.8, 4) is 17.0 Å². The number of amides is 1. The minimum absolute atomic E-state index is 0.0121. The number of aromatic nitrogens is 1. The summed E-state index contributed by atoms with van der Waals surface area (Å²) >= 11 is 1.24. The summed E-state index contributed by atoms with van der Waals surface area (Å²) in [7, 11) is 1.52. The molecule has 0 aliphatic carbocycles. The number of benzene rings is 3. The number of thiazole rings is 1. The third-order valence-electron chi connectivity index (χ3n) is 4.39. The van der Waals surface area contributed by atoms with E-state index in [0.717, 1.165) is 10.8 Å². The number of anilines is 1. The molecule has 0 bridgehead atoms. The lowest BCUT2D eigenvalue weighted by molar-refractivity contribution is -0.384. The van der Waals surface area contributed by atoms with Crippen LogP contribution in [0.4, 0.5) is 10.8 Å². The Balaban J connectivity index is 1.61. The van der Waals surface area contributed by atoms with E-state index in [1.165, 1.54) is 30.6 Å². The van der Waals surface area contributed by atoms with Gasteiger partial charge in [-0.25, -0.2) is 4.98 Å². The minimum Gasteiger partial charge on any atom is -0.496 e. The summed E-state index contributed by atoms with van der Waals surface area (Å²) in [6.45, 7) is 0. The number of ether oxygens (including phenoxy) is 1. The van der Waals surface area contributed by atoms with Crippen LogP contribution >= 0.6 is 11.3 Å². The molecule has 1 aromatic heterocycles. The van der Waals surface area contributed by atoms with Crippen molar-refractivity contribution in [3.05, 3.63) is 81.7 Å². The van der Waals surface area contributed by atoms with Crippen LogP contribution in [0.15, 0.2) is 66.0 Å². The molecule has 0 aliphatic rings. The van der Waals surface area contributed by atoms with Crippen LogP contribution in [0.5, 0.6) is 5.75 Å². The van der Waals surface area contributed by atoms with Gasteiger partial charge in [-0.3, -0.25) is 20.2 Å². The Morgan fingerprint density at radius 3 is 2.59 bits per heavy atom.